The summed E-state index contributed by atoms with van der Waals surface area (Å²) >= 11 is 0. The van der Waals surface area contributed by atoms with Gasteiger partial charge in [-0.2, -0.15) is 0 Å². The molecular formula is C11H19N. The molecule has 0 saturated heterocycles. The molecular weight excluding hydrogens is 146 g/mol. The minimum atomic E-state index is 0.0851. The molecule has 0 aromatic rings. The SMILES string of the molecule is CC(C)(C)C1(C)C=CC=CC1N. The minimum absolute atomic E-state index is 0.0851. The number of hydrogen-bond donors (Lipinski definition) is 1. The van der Waals surface area contributed by atoms with Crippen LogP contribution in [0.5, 0.6) is 0 Å². The van der Waals surface area contributed by atoms with E-state index in [9.17, 15) is 0 Å². The van der Waals surface area contributed by atoms with Gasteiger partial charge in [-0.25, -0.2) is 0 Å². The molecule has 1 aliphatic carbocycles. The van der Waals surface area contributed by atoms with Crippen LogP contribution < -0.4 is 5.73 Å². The van der Waals surface area contributed by atoms with E-state index in [1.54, 1.807) is 0 Å². The number of nitrogens with two attached hydrogens (primary N) is 1. The second-order valence-electron chi connectivity index (χ2n) is 4.80. The lowest BCUT2D eigenvalue weighted by molar-refractivity contribution is 0.149. The summed E-state index contributed by atoms with van der Waals surface area (Å²) in [6.45, 7) is 8.92. The van der Waals surface area contributed by atoms with Crippen molar-refractivity contribution >= 4 is 0 Å². The van der Waals surface area contributed by atoms with Gasteiger partial charge in [0.05, 0.1) is 0 Å². The van der Waals surface area contributed by atoms with Crippen LogP contribution >= 0.6 is 0 Å². The molecule has 0 bridgehead atoms. The van der Waals surface area contributed by atoms with E-state index in [1.807, 2.05) is 6.08 Å². The van der Waals surface area contributed by atoms with Crippen molar-refractivity contribution in [3.63, 3.8) is 0 Å². The van der Waals surface area contributed by atoms with E-state index in [4.69, 9.17) is 5.73 Å². The first kappa shape index (κ1) is 9.53. The zero-order chi connectivity index (χ0) is 9.41. The molecule has 2 N–H and O–H groups in total. The monoisotopic (exact) mass is 165 g/mol. The van der Waals surface area contributed by atoms with Crippen LogP contribution in [0.25, 0.3) is 0 Å². The van der Waals surface area contributed by atoms with Gasteiger partial charge in [0.15, 0.2) is 0 Å². The Bertz CT molecular complexity index is 220. The van der Waals surface area contributed by atoms with Crippen molar-refractivity contribution in [1.82, 2.24) is 0 Å². The maximum absolute atomic E-state index is 6.06. The van der Waals surface area contributed by atoms with Crippen molar-refractivity contribution in [2.45, 2.75) is 33.7 Å². The average molecular weight is 165 g/mol. The van der Waals surface area contributed by atoms with Gasteiger partial charge < -0.3 is 5.73 Å². The molecule has 1 heteroatoms. The molecule has 12 heavy (non-hydrogen) atoms. The third-order valence-electron chi connectivity index (χ3n) is 3.18. The van der Waals surface area contributed by atoms with Crippen LogP contribution in [0.15, 0.2) is 24.3 Å². The molecule has 0 heterocycles. The fraction of sp³-hybridized carbons (Fsp3) is 0.636. The Morgan fingerprint density at radius 3 is 2.17 bits per heavy atom. The summed E-state index contributed by atoms with van der Waals surface area (Å²) in [6.07, 6.45) is 8.41. The van der Waals surface area contributed by atoms with Gasteiger partial charge in [0.1, 0.15) is 0 Å². The van der Waals surface area contributed by atoms with Gasteiger partial charge >= 0.3 is 0 Å². The Balaban J connectivity index is 2.99. The molecule has 0 fully saturated rings. The highest BCUT2D eigenvalue weighted by molar-refractivity contribution is 5.23. The Hall–Kier alpha value is -0.560. The van der Waals surface area contributed by atoms with E-state index in [-0.39, 0.29) is 16.9 Å². The lowest BCUT2D eigenvalue weighted by atomic mass is 9.62. The zero-order valence-corrected chi connectivity index (χ0v) is 8.46. The number of rotatable bonds is 0. The molecule has 0 amide bonds. The van der Waals surface area contributed by atoms with Crippen molar-refractivity contribution in [3.05, 3.63) is 24.3 Å². The van der Waals surface area contributed by atoms with Crippen LogP contribution in [-0.2, 0) is 0 Å². The Labute approximate surface area is 75.3 Å². The lowest BCUT2D eigenvalue weighted by Crippen LogP contribution is -2.46. The van der Waals surface area contributed by atoms with Crippen molar-refractivity contribution in [2.75, 3.05) is 0 Å². The first-order chi connectivity index (χ1) is 5.38. The molecule has 0 saturated carbocycles. The molecule has 0 aromatic heterocycles. The third-order valence-corrected chi connectivity index (χ3v) is 3.18. The standard InChI is InChI=1S/C11H19N/c1-10(2,3)11(4)8-6-5-7-9(11)12/h5-9H,12H2,1-4H3. The molecule has 0 spiro atoms. The van der Waals surface area contributed by atoms with E-state index in [2.05, 4.69) is 45.9 Å². The van der Waals surface area contributed by atoms with Crippen molar-refractivity contribution < 1.29 is 0 Å². The maximum Gasteiger partial charge on any atom is 0.0321 e. The van der Waals surface area contributed by atoms with Gasteiger partial charge in [0, 0.05) is 11.5 Å². The minimum Gasteiger partial charge on any atom is -0.324 e. The highest BCUT2D eigenvalue weighted by Crippen LogP contribution is 2.43. The molecule has 0 radical (unpaired) electrons. The third kappa shape index (κ3) is 1.34. The summed E-state index contributed by atoms with van der Waals surface area (Å²) in [5, 5.41) is 0. The van der Waals surface area contributed by atoms with Gasteiger partial charge in [-0.3, -0.25) is 0 Å². The lowest BCUT2D eigenvalue weighted by Gasteiger charge is -2.44. The van der Waals surface area contributed by atoms with Crippen LogP contribution in [0.3, 0.4) is 0 Å². The first-order valence-corrected chi connectivity index (χ1v) is 4.49. The summed E-state index contributed by atoms with van der Waals surface area (Å²) in [6, 6.07) is 0.141. The zero-order valence-electron chi connectivity index (χ0n) is 8.46. The van der Waals surface area contributed by atoms with Gasteiger partial charge in [0.25, 0.3) is 0 Å². The summed E-state index contributed by atoms with van der Waals surface area (Å²) in [5.41, 5.74) is 6.36. The van der Waals surface area contributed by atoms with Gasteiger partial charge in [-0.15, -0.1) is 0 Å². The van der Waals surface area contributed by atoms with E-state index in [1.165, 1.54) is 0 Å². The second-order valence-corrected chi connectivity index (χ2v) is 4.80. The molecule has 1 rings (SSSR count). The predicted octanol–water partition coefficient (Wildman–Crippen LogP) is 2.49. The molecule has 2 atom stereocenters. The van der Waals surface area contributed by atoms with Crippen molar-refractivity contribution in [2.24, 2.45) is 16.6 Å². The van der Waals surface area contributed by atoms with Crippen LogP contribution in [-0.4, -0.2) is 6.04 Å². The largest absolute Gasteiger partial charge is 0.324 e. The molecule has 1 nitrogen and oxygen atoms in total. The normalized spacial score (nSPS) is 35.6. The van der Waals surface area contributed by atoms with Gasteiger partial charge in [-0.05, 0) is 5.41 Å². The molecule has 68 valence electrons. The van der Waals surface area contributed by atoms with E-state index in [0.29, 0.717) is 0 Å². The van der Waals surface area contributed by atoms with Crippen molar-refractivity contribution in [3.8, 4) is 0 Å². The van der Waals surface area contributed by atoms with E-state index in [0.717, 1.165) is 0 Å². The predicted molar refractivity (Wildman–Crippen MR) is 53.8 cm³/mol. The second kappa shape index (κ2) is 2.74. The topological polar surface area (TPSA) is 26.0 Å². The number of hydrogen-bond acceptors (Lipinski definition) is 1. The molecule has 0 aromatic carbocycles. The molecule has 2 unspecified atom stereocenters. The highest BCUT2D eigenvalue weighted by Gasteiger charge is 2.39. The number of allylic oxidation sites excluding steroid dienone is 2. The van der Waals surface area contributed by atoms with E-state index < -0.39 is 0 Å². The molecule has 0 aliphatic heterocycles. The summed E-state index contributed by atoms with van der Waals surface area (Å²) < 4.78 is 0. The van der Waals surface area contributed by atoms with Crippen LogP contribution in [0.4, 0.5) is 0 Å². The average Bonchev–Trinajstić information content (AvgIpc) is 1.93. The molecule has 1 aliphatic rings. The van der Waals surface area contributed by atoms with E-state index >= 15 is 0 Å². The van der Waals surface area contributed by atoms with Crippen LogP contribution in [0, 0.1) is 10.8 Å². The smallest absolute Gasteiger partial charge is 0.0321 e. The van der Waals surface area contributed by atoms with Crippen molar-refractivity contribution in [1.29, 1.82) is 0 Å². The summed E-state index contributed by atoms with van der Waals surface area (Å²) in [5.74, 6) is 0. The Kier molecular flexibility index (Phi) is 2.17. The Morgan fingerprint density at radius 1 is 1.25 bits per heavy atom. The first-order valence-electron chi connectivity index (χ1n) is 4.49. The fourth-order valence-electron chi connectivity index (χ4n) is 1.50. The summed E-state index contributed by atoms with van der Waals surface area (Å²) in [4.78, 5) is 0. The maximum atomic E-state index is 6.06. The highest BCUT2D eigenvalue weighted by atomic mass is 14.7. The summed E-state index contributed by atoms with van der Waals surface area (Å²) in [7, 11) is 0. The van der Waals surface area contributed by atoms with Gasteiger partial charge in [0.2, 0.25) is 0 Å². The van der Waals surface area contributed by atoms with Crippen LogP contribution in [0.1, 0.15) is 27.7 Å². The fourth-order valence-corrected chi connectivity index (χ4v) is 1.50. The van der Waals surface area contributed by atoms with Gasteiger partial charge in [-0.1, -0.05) is 52.0 Å². The Morgan fingerprint density at radius 2 is 1.83 bits per heavy atom. The quantitative estimate of drug-likeness (QED) is 0.586. The van der Waals surface area contributed by atoms with Crippen LogP contribution in [0.2, 0.25) is 0 Å².